The van der Waals surface area contributed by atoms with E-state index in [0.29, 0.717) is 12.0 Å². The molecule has 0 aliphatic heterocycles. The van der Waals surface area contributed by atoms with Crippen LogP contribution >= 0.6 is 0 Å². The van der Waals surface area contributed by atoms with Crippen LogP contribution in [0.25, 0.3) is 0 Å². The Morgan fingerprint density at radius 2 is 1.85 bits per heavy atom. The van der Waals surface area contributed by atoms with E-state index in [9.17, 15) is 13.5 Å². The van der Waals surface area contributed by atoms with Gasteiger partial charge in [0.25, 0.3) is 0 Å². The highest BCUT2D eigenvalue weighted by Gasteiger charge is 2.21. The van der Waals surface area contributed by atoms with Gasteiger partial charge in [-0.25, -0.2) is 13.1 Å². The van der Waals surface area contributed by atoms with E-state index in [1.807, 2.05) is 27.7 Å². The first kappa shape index (κ1) is 17.1. The van der Waals surface area contributed by atoms with E-state index in [1.165, 1.54) is 0 Å². The van der Waals surface area contributed by atoms with Crippen molar-refractivity contribution in [1.29, 1.82) is 0 Å². The Morgan fingerprint density at radius 1 is 1.20 bits per heavy atom. The highest BCUT2D eigenvalue weighted by molar-refractivity contribution is 7.89. The van der Waals surface area contributed by atoms with Crippen LogP contribution in [0.4, 0.5) is 0 Å². The second-order valence-electron chi connectivity index (χ2n) is 5.38. The molecule has 0 radical (unpaired) electrons. The van der Waals surface area contributed by atoms with Crippen molar-refractivity contribution in [3.63, 3.8) is 0 Å². The number of rotatable bonds is 7. The van der Waals surface area contributed by atoms with Gasteiger partial charge in [0.05, 0.1) is 11.0 Å². The lowest BCUT2D eigenvalue weighted by Crippen LogP contribution is -2.38. The fourth-order valence-electron chi connectivity index (χ4n) is 2.08. The molecule has 114 valence electrons. The molecule has 0 saturated heterocycles. The molecule has 5 heteroatoms. The standard InChI is InChI=1S/C15H25NO3S/c1-5-14(11(3)4)16-20(18,19)13-9-7-8-12(10-13)15(17)6-2/h7-11,14-17H,5-6H2,1-4H3. The van der Waals surface area contributed by atoms with E-state index in [4.69, 9.17) is 0 Å². The SMILES string of the molecule is CCC(O)c1cccc(S(=O)(=O)NC(CC)C(C)C)c1. The third kappa shape index (κ3) is 4.30. The highest BCUT2D eigenvalue weighted by atomic mass is 32.2. The molecule has 0 fully saturated rings. The number of hydrogen-bond donors (Lipinski definition) is 2. The van der Waals surface area contributed by atoms with Crippen LogP contribution in [0.15, 0.2) is 29.2 Å². The lowest BCUT2D eigenvalue weighted by atomic mass is 10.0. The summed E-state index contributed by atoms with van der Waals surface area (Å²) in [6.07, 6.45) is 0.673. The zero-order chi connectivity index (χ0) is 15.3. The summed E-state index contributed by atoms with van der Waals surface area (Å²) >= 11 is 0. The van der Waals surface area contributed by atoms with E-state index < -0.39 is 16.1 Å². The number of hydrogen-bond acceptors (Lipinski definition) is 3. The monoisotopic (exact) mass is 299 g/mol. The summed E-state index contributed by atoms with van der Waals surface area (Å²) in [6.45, 7) is 7.81. The second kappa shape index (κ2) is 7.20. The van der Waals surface area contributed by atoms with E-state index in [-0.39, 0.29) is 16.9 Å². The maximum absolute atomic E-state index is 12.4. The number of nitrogens with one attached hydrogen (secondary N) is 1. The third-order valence-electron chi connectivity index (χ3n) is 3.49. The lowest BCUT2D eigenvalue weighted by molar-refractivity contribution is 0.173. The largest absolute Gasteiger partial charge is 0.388 e. The molecule has 0 heterocycles. The third-order valence-corrected chi connectivity index (χ3v) is 4.98. The van der Waals surface area contributed by atoms with Crippen LogP contribution in [0.2, 0.25) is 0 Å². The van der Waals surface area contributed by atoms with Crippen molar-refractivity contribution in [1.82, 2.24) is 4.72 Å². The summed E-state index contributed by atoms with van der Waals surface area (Å²) in [6, 6.07) is 6.43. The highest BCUT2D eigenvalue weighted by Crippen LogP contribution is 2.20. The van der Waals surface area contributed by atoms with Gasteiger partial charge in [0.2, 0.25) is 10.0 Å². The predicted octanol–water partition coefficient (Wildman–Crippen LogP) is 2.84. The molecular weight excluding hydrogens is 274 g/mol. The second-order valence-corrected chi connectivity index (χ2v) is 7.09. The molecule has 2 N–H and O–H groups in total. The van der Waals surface area contributed by atoms with E-state index in [0.717, 1.165) is 6.42 Å². The smallest absolute Gasteiger partial charge is 0.240 e. The average molecular weight is 299 g/mol. The van der Waals surface area contributed by atoms with Gasteiger partial charge in [-0.1, -0.05) is 39.8 Å². The minimum atomic E-state index is -3.54. The van der Waals surface area contributed by atoms with Crippen molar-refractivity contribution >= 4 is 10.0 Å². The predicted molar refractivity (Wildman–Crippen MR) is 80.9 cm³/mol. The summed E-state index contributed by atoms with van der Waals surface area (Å²) in [5.74, 6) is 0.235. The Hall–Kier alpha value is -0.910. The minimum Gasteiger partial charge on any atom is -0.388 e. The number of benzene rings is 1. The Bertz CT molecular complexity index is 526. The van der Waals surface area contributed by atoms with Crippen molar-refractivity contribution in [3.05, 3.63) is 29.8 Å². The Labute approximate surface area is 122 Å². The first-order chi connectivity index (χ1) is 9.31. The van der Waals surface area contributed by atoms with Crippen molar-refractivity contribution < 1.29 is 13.5 Å². The summed E-state index contributed by atoms with van der Waals surface area (Å²) in [5, 5.41) is 9.82. The van der Waals surface area contributed by atoms with Gasteiger partial charge < -0.3 is 5.11 Å². The molecule has 4 nitrogen and oxygen atoms in total. The zero-order valence-corrected chi connectivity index (χ0v) is 13.4. The van der Waals surface area contributed by atoms with Crippen LogP contribution in [0.3, 0.4) is 0 Å². The molecule has 0 bridgehead atoms. The van der Waals surface area contributed by atoms with Crippen LogP contribution in [-0.2, 0) is 10.0 Å². The lowest BCUT2D eigenvalue weighted by Gasteiger charge is -2.21. The molecule has 0 aliphatic carbocycles. The van der Waals surface area contributed by atoms with Crippen molar-refractivity contribution in [2.24, 2.45) is 5.92 Å². The van der Waals surface area contributed by atoms with Gasteiger partial charge in [0.15, 0.2) is 0 Å². The molecular formula is C15H25NO3S. The van der Waals surface area contributed by atoms with Gasteiger partial charge in [-0.05, 0) is 36.5 Å². The Balaban J connectivity index is 3.03. The molecule has 1 rings (SSSR count). The fraction of sp³-hybridized carbons (Fsp3) is 0.600. The van der Waals surface area contributed by atoms with Gasteiger partial charge in [-0.15, -0.1) is 0 Å². The first-order valence-corrected chi connectivity index (χ1v) is 8.60. The van der Waals surface area contributed by atoms with Crippen LogP contribution < -0.4 is 4.72 Å². The fourth-order valence-corrected chi connectivity index (χ4v) is 3.61. The van der Waals surface area contributed by atoms with E-state index in [2.05, 4.69) is 4.72 Å². The van der Waals surface area contributed by atoms with Gasteiger partial charge in [-0.2, -0.15) is 0 Å². The quantitative estimate of drug-likeness (QED) is 0.813. The molecule has 0 saturated carbocycles. The molecule has 2 atom stereocenters. The Kier molecular flexibility index (Phi) is 6.17. The van der Waals surface area contributed by atoms with Crippen LogP contribution in [0.5, 0.6) is 0 Å². The molecule has 20 heavy (non-hydrogen) atoms. The van der Waals surface area contributed by atoms with Crippen molar-refractivity contribution in [3.8, 4) is 0 Å². The van der Waals surface area contributed by atoms with E-state index in [1.54, 1.807) is 24.3 Å². The summed E-state index contributed by atoms with van der Waals surface area (Å²) in [5.41, 5.74) is 0.632. The van der Waals surface area contributed by atoms with E-state index >= 15 is 0 Å². The average Bonchev–Trinajstić information content (AvgIpc) is 2.43. The molecule has 1 aromatic carbocycles. The molecule has 2 unspecified atom stereocenters. The normalized spacial score (nSPS) is 15.3. The maximum Gasteiger partial charge on any atom is 0.240 e. The molecule has 0 spiro atoms. The van der Waals surface area contributed by atoms with Crippen molar-refractivity contribution in [2.45, 2.75) is 57.6 Å². The molecule has 0 amide bonds. The van der Waals surface area contributed by atoms with Crippen LogP contribution in [0.1, 0.15) is 52.2 Å². The maximum atomic E-state index is 12.4. The van der Waals surface area contributed by atoms with Gasteiger partial charge in [0, 0.05) is 6.04 Å². The van der Waals surface area contributed by atoms with Crippen LogP contribution in [0, 0.1) is 5.92 Å². The minimum absolute atomic E-state index is 0.0836. The Morgan fingerprint density at radius 3 is 2.35 bits per heavy atom. The molecule has 0 aromatic heterocycles. The summed E-state index contributed by atoms with van der Waals surface area (Å²) in [4.78, 5) is 0.210. The number of sulfonamides is 1. The van der Waals surface area contributed by atoms with Gasteiger partial charge >= 0.3 is 0 Å². The number of aliphatic hydroxyl groups is 1. The topological polar surface area (TPSA) is 66.4 Å². The summed E-state index contributed by atoms with van der Waals surface area (Å²) in [7, 11) is -3.54. The van der Waals surface area contributed by atoms with Crippen molar-refractivity contribution in [2.75, 3.05) is 0 Å². The van der Waals surface area contributed by atoms with Crippen LogP contribution in [-0.4, -0.2) is 19.6 Å². The van der Waals surface area contributed by atoms with Gasteiger partial charge in [-0.3, -0.25) is 0 Å². The number of aliphatic hydroxyl groups excluding tert-OH is 1. The zero-order valence-electron chi connectivity index (χ0n) is 12.6. The molecule has 0 aliphatic rings. The molecule has 1 aromatic rings. The summed E-state index contributed by atoms with van der Waals surface area (Å²) < 4.78 is 27.5. The van der Waals surface area contributed by atoms with Gasteiger partial charge in [0.1, 0.15) is 0 Å². The first-order valence-electron chi connectivity index (χ1n) is 7.12.